The monoisotopic (exact) mass is 513 g/mol. The normalized spacial score (nSPS) is 16.1. The lowest BCUT2D eigenvalue weighted by atomic mass is 10.0. The van der Waals surface area contributed by atoms with Crippen molar-refractivity contribution in [1.82, 2.24) is 30.0 Å². The number of pyridine rings is 1. The lowest BCUT2D eigenvalue weighted by molar-refractivity contribution is 0.0370. The van der Waals surface area contributed by atoms with E-state index in [0.29, 0.717) is 26.2 Å². The summed E-state index contributed by atoms with van der Waals surface area (Å²) >= 11 is 0. The second kappa shape index (κ2) is 11.4. The molecule has 1 fully saturated rings. The Kier molecular flexibility index (Phi) is 8.23. The maximum absolute atomic E-state index is 14.4. The van der Waals surface area contributed by atoms with Gasteiger partial charge in [0.2, 0.25) is 0 Å². The van der Waals surface area contributed by atoms with Crippen molar-refractivity contribution in [3.8, 4) is 0 Å². The van der Waals surface area contributed by atoms with Crippen LogP contribution in [0.4, 0.5) is 15.0 Å². The smallest absolute Gasteiger partial charge is 0.422 e. The number of ether oxygens (including phenoxy) is 2. The van der Waals surface area contributed by atoms with Crippen LogP contribution in [-0.4, -0.2) is 63.0 Å². The van der Waals surface area contributed by atoms with E-state index in [9.17, 15) is 9.18 Å². The number of aromatic nitrogens is 4. The lowest BCUT2D eigenvalue weighted by Crippen LogP contribution is -2.43. The van der Waals surface area contributed by atoms with Crippen LogP contribution < -0.4 is 10.3 Å². The predicted octanol–water partition coefficient (Wildman–Crippen LogP) is 4.06. The van der Waals surface area contributed by atoms with Crippen molar-refractivity contribution in [2.75, 3.05) is 31.6 Å². The van der Waals surface area contributed by atoms with Crippen LogP contribution in [0.15, 0.2) is 30.7 Å². The molecule has 0 bridgehead atoms. The molecule has 1 saturated heterocycles. The van der Waals surface area contributed by atoms with Gasteiger partial charge in [-0.05, 0) is 58.2 Å². The Morgan fingerprint density at radius 1 is 1.32 bits per heavy atom. The number of amides is 1. The zero-order valence-corrected chi connectivity index (χ0v) is 22.2. The van der Waals surface area contributed by atoms with E-state index >= 15 is 0 Å². The van der Waals surface area contributed by atoms with E-state index in [2.05, 4.69) is 20.4 Å². The van der Waals surface area contributed by atoms with E-state index in [1.165, 1.54) is 6.20 Å². The number of rotatable bonds is 9. The summed E-state index contributed by atoms with van der Waals surface area (Å²) in [6.07, 6.45) is 6.75. The van der Waals surface area contributed by atoms with Crippen LogP contribution in [-0.2, 0) is 22.5 Å². The van der Waals surface area contributed by atoms with Crippen LogP contribution in [0.1, 0.15) is 63.4 Å². The highest BCUT2D eigenvalue weighted by Crippen LogP contribution is 2.37. The molecule has 4 rings (SSSR count). The first-order valence-electron chi connectivity index (χ1n) is 12.7. The minimum atomic E-state index is -0.583. The molecule has 4 heterocycles. The van der Waals surface area contributed by atoms with Crippen molar-refractivity contribution in [2.24, 2.45) is 0 Å². The Labute approximate surface area is 216 Å². The van der Waals surface area contributed by atoms with Crippen LogP contribution in [0.25, 0.3) is 5.65 Å². The third-order valence-electron chi connectivity index (χ3n) is 6.13. The first-order valence-corrected chi connectivity index (χ1v) is 12.7. The third-order valence-corrected chi connectivity index (χ3v) is 6.13. The molecule has 0 spiro atoms. The summed E-state index contributed by atoms with van der Waals surface area (Å²) in [6, 6.07) is 3.45. The number of hydrogen-bond acceptors (Lipinski definition) is 8. The summed E-state index contributed by atoms with van der Waals surface area (Å²) in [5.41, 5.74) is 5.43. The molecule has 1 amide bonds. The quantitative estimate of drug-likeness (QED) is 0.428. The molecule has 3 aromatic rings. The van der Waals surface area contributed by atoms with Gasteiger partial charge in [-0.3, -0.25) is 10.4 Å². The molecule has 0 aromatic carbocycles. The second-order valence-corrected chi connectivity index (χ2v) is 10.2. The van der Waals surface area contributed by atoms with Crippen LogP contribution in [0.2, 0.25) is 0 Å². The van der Waals surface area contributed by atoms with Crippen molar-refractivity contribution < 1.29 is 18.7 Å². The fourth-order valence-corrected chi connectivity index (χ4v) is 4.51. The van der Waals surface area contributed by atoms with Crippen molar-refractivity contribution in [2.45, 2.75) is 65.2 Å². The molecular formula is C26H36FN7O3. The number of fused-ring (bicyclic) bond motifs is 1. The molecule has 1 N–H and O–H groups in total. The molecule has 11 heteroatoms. The minimum Gasteiger partial charge on any atom is -0.443 e. The Morgan fingerprint density at radius 3 is 2.89 bits per heavy atom. The largest absolute Gasteiger partial charge is 0.443 e. The van der Waals surface area contributed by atoms with Crippen LogP contribution in [0.5, 0.6) is 0 Å². The third kappa shape index (κ3) is 6.72. The van der Waals surface area contributed by atoms with E-state index in [1.807, 2.05) is 40.0 Å². The maximum atomic E-state index is 14.4. The van der Waals surface area contributed by atoms with Gasteiger partial charge in [0.25, 0.3) is 0 Å². The summed E-state index contributed by atoms with van der Waals surface area (Å²) < 4.78 is 27.0. The minimum absolute atomic E-state index is 0.0597. The molecule has 200 valence electrons. The summed E-state index contributed by atoms with van der Waals surface area (Å²) in [7, 11) is 1.76. The fourth-order valence-electron chi connectivity index (χ4n) is 4.51. The van der Waals surface area contributed by atoms with Gasteiger partial charge in [0.1, 0.15) is 17.2 Å². The molecule has 1 unspecified atom stereocenters. The molecular weight excluding hydrogens is 477 g/mol. The Balaban J connectivity index is 1.52. The number of nitrogens with zero attached hydrogens (tertiary/aromatic N) is 6. The average Bonchev–Trinajstić information content (AvgIpc) is 3.47. The number of hydrogen-bond donors (Lipinski definition) is 1. The zero-order valence-electron chi connectivity index (χ0n) is 22.2. The first-order chi connectivity index (χ1) is 17.6. The standard InChI is InChI=1S/C26H36FN7O3/c1-6-36-17-18-15-29-34-13-10-23(30-24(18)34)33-11-7-8-22(33)20-14-19(27)16-28-21(20)9-12-32(5)31-25(35)37-26(2,3)4/h10,13-16,22H,6-9,11-12,17H2,1-5H3,(H,31,35). The summed E-state index contributed by atoms with van der Waals surface area (Å²) in [5.74, 6) is 0.441. The second-order valence-electron chi connectivity index (χ2n) is 10.2. The van der Waals surface area contributed by atoms with Crippen molar-refractivity contribution >= 4 is 17.6 Å². The Morgan fingerprint density at radius 2 is 2.14 bits per heavy atom. The van der Waals surface area contributed by atoms with Gasteiger partial charge in [0.05, 0.1) is 25.0 Å². The molecule has 3 aromatic heterocycles. The van der Waals surface area contributed by atoms with E-state index in [0.717, 1.165) is 47.7 Å². The van der Waals surface area contributed by atoms with Crippen molar-refractivity contribution in [1.29, 1.82) is 0 Å². The molecule has 1 aliphatic rings. The van der Waals surface area contributed by atoms with Crippen molar-refractivity contribution in [3.05, 3.63) is 53.4 Å². The van der Waals surface area contributed by atoms with Gasteiger partial charge in [-0.1, -0.05) is 0 Å². The van der Waals surface area contributed by atoms with Crippen LogP contribution in [0.3, 0.4) is 0 Å². The van der Waals surface area contributed by atoms with E-state index < -0.39 is 11.7 Å². The average molecular weight is 514 g/mol. The first kappa shape index (κ1) is 26.7. The number of carbonyl (C=O) groups excluding carboxylic acids is 1. The highest BCUT2D eigenvalue weighted by molar-refractivity contribution is 5.67. The van der Waals surface area contributed by atoms with Gasteiger partial charge < -0.3 is 14.4 Å². The number of likely N-dealkylation sites (N-methyl/N-ethyl adjacent to an activating group) is 1. The SMILES string of the molecule is CCOCc1cnn2ccc(N3CCCC3c3cc(F)cnc3CCN(C)NC(=O)OC(C)(C)C)nc12. The van der Waals surface area contributed by atoms with Gasteiger partial charge in [-0.2, -0.15) is 5.10 Å². The number of hydrazine groups is 1. The topological polar surface area (TPSA) is 97.1 Å². The number of nitrogens with one attached hydrogen (secondary N) is 1. The molecule has 0 radical (unpaired) electrons. The van der Waals surface area contributed by atoms with Gasteiger partial charge in [0.15, 0.2) is 5.65 Å². The molecule has 1 aliphatic heterocycles. The number of anilines is 1. The summed E-state index contributed by atoms with van der Waals surface area (Å²) in [4.78, 5) is 23.6. The van der Waals surface area contributed by atoms with Gasteiger partial charge in [-0.15, -0.1) is 0 Å². The Hall–Kier alpha value is -3.31. The van der Waals surface area contributed by atoms with Gasteiger partial charge in [0, 0.05) is 50.6 Å². The van der Waals surface area contributed by atoms with Gasteiger partial charge >= 0.3 is 6.09 Å². The maximum Gasteiger partial charge on any atom is 0.422 e. The fraction of sp³-hybridized carbons (Fsp3) is 0.538. The van der Waals surface area contributed by atoms with Crippen molar-refractivity contribution in [3.63, 3.8) is 0 Å². The lowest BCUT2D eigenvalue weighted by Gasteiger charge is -2.28. The Bertz CT molecular complexity index is 1230. The van der Waals surface area contributed by atoms with E-state index in [1.54, 1.807) is 28.8 Å². The molecule has 0 saturated carbocycles. The number of halogens is 1. The summed E-state index contributed by atoms with van der Waals surface area (Å²) in [5, 5.41) is 6.03. The highest BCUT2D eigenvalue weighted by Gasteiger charge is 2.30. The van der Waals surface area contributed by atoms with Crippen LogP contribution >= 0.6 is 0 Å². The van der Waals surface area contributed by atoms with E-state index in [4.69, 9.17) is 14.5 Å². The predicted molar refractivity (Wildman–Crippen MR) is 138 cm³/mol. The molecule has 1 atom stereocenters. The van der Waals surface area contributed by atoms with Gasteiger partial charge in [-0.25, -0.2) is 23.7 Å². The zero-order chi connectivity index (χ0) is 26.6. The number of carbonyl (C=O) groups is 1. The molecule has 0 aliphatic carbocycles. The van der Waals surface area contributed by atoms with Crippen LogP contribution in [0, 0.1) is 5.82 Å². The molecule has 10 nitrogen and oxygen atoms in total. The summed E-state index contributed by atoms with van der Waals surface area (Å²) in [6.45, 7) is 9.74. The highest BCUT2D eigenvalue weighted by atomic mass is 19.1. The molecule has 37 heavy (non-hydrogen) atoms. The van der Waals surface area contributed by atoms with E-state index in [-0.39, 0.29) is 11.9 Å².